The van der Waals surface area contributed by atoms with E-state index in [1.165, 1.54) is 0 Å². The Morgan fingerprint density at radius 3 is 1.47 bits per heavy atom. The van der Waals surface area contributed by atoms with E-state index >= 15 is 0 Å². The number of carbonyl (C=O) groups is 1. The molecule has 2 unspecified atom stereocenters. The number of carbonyl (C=O) groups excluding carboxylic acids is 1. The monoisotopic (exact) mass is 728 g/mol. The molecule has 4 aromatic carbocycles. The number of amides is 1. The zero-order valence-electron chi connectivity index (χ0n) is 31.3. The smallest absolute Gasteiger partial charge is 0.243 e. The van der Waals surface area contributed by atoms with Crippen molar-refractivity contribution in [1.82, 2.24) is 16.0 Å². The van der Waals surface area contributed by atoms with Crippen LogP contribution in [-0.2, 0) is 11.3 Å². The van der Waals surface area contributed by atoms with Crippen LogP contribution in [0.1, 0.15) is 47.1 Å². The van der Waals surface area contributed by atoms with Gasteiger partial charge in [0.1, 0.15) is 23.3 Å². The molecule has 0 aliphatic heterocycles. The highest BCUT2D eigenvalue weighted by Crippen LogP contribution is 2.47. The van der Waals surface area contributed by atoms with E-state index in [2.05, 4.69) is 73.1 Å². The molecule has 0 aliphatic rings. The molecule has 0 aliphatic carbocycles. The van der Waals surface area contributed by atoms with Gasteiger partial charge < -0.3 is 30.2 Å². The third-order valence-corrected chi connectivity index (χ3v) is 12.8. The molecular formula is C41H53N4O4PS. The number of benzene rings is 4. The largest absolute Gasteiger partial charge is 0.497 e. The van der Waals surface area contributed by atoms with Gasteiger partial charge in [0.05, 0.1) is 41.0 Å². The van der Waals surface area contributed by atoms with Gasteiger partial charge in [-0.05, 0) is 101 Å². The summed E-state index contributed by atoms with van der Waals surface area (Å²) in [6.07, 6.45) is 0. The van der Waals surface area contributed by atoms with E-state index in [0.717, 1.165) is 38.7 Å². The minimum atomic E-state index is -2.63. The molecule has 8 nitrogen and oxygen atoms in total. The average molecular weight is 729 g/mol. The maximum Gasteiger partial charge on any atom is 0.243 e. The first kappa shape index (κ1) is 39.5. The summed E-state index contributed by atoms with van der Waals surface area (Å²) in [5, 5.41) is 13.7. The average Bonchev–Trinajstić information content (AvgIpc) is 3.12. The zero-order chi connectivity index (χ0) is 37.2. The molecule has 2 atom stereocenters. The van der Waals surface area contributed by atoms with E-state index in [9.17, 15) is 4.79 Å². The Kier molecular flexibility index (Phi) is 13.4. The second-order valence-corrected chi connectivity index (χ2v) is 18.1. The highest BCUT2D eigenvalue weighted by Gasteiger charge is 2.34. The van der Waals surface area contributed by atoms with Gasteiger partial charge in [-0.1, -0.05) is 71.9 Å². The molecule has 4 rings (SSSR count). The van der Waals surface area contributed by atoms with Crippen LogP contribution in [0.2, 0.25) is 0 Å². The molecule has 0 fully saturated rings. The molecule has 0 saturated heterocycles. The minimum absolute atomic E-state index is 0.115. The van der Waals surface area contributed by atoms with Gasteiger partial charge in [-0.2, -0.15) is 0 Å². The summed E-state index contributed by atoms with van der Waals surface area (Å²) in [7, 11) is 2.38. The lowest BCUT2D eigenvalue weighted by atomic mass is 9.85. The predicted molar refractivity (Wildman–Crippen MR) is 216 cm³/mol. The van der Waals surface area contributed by atoms with Crippen molar-refractivity contribution in [2.75, 3.05) is 27.9 Å². The fourth-order valence-electron chi connectivity index (χ4n) is 5.72. The first-order valence-corrected chi connectivity index (χ1v) is 19.3. The Balaban J connectivity index is 1.75. The predicted octanol–water partition coefficient (Wildman–Crippen LogP) is 6.80. The zero-order valence-corrected chi connectivity index (χ0v) is 33.0. The molecule has 0 heterocycles. The molecule has 3 N–H and O–H groups in total. The van der Waals surface area contributed by atoms with Gasteiger partial charge in [-0.3, -0.25) is 9.54 Å². The van der Waals surface area contributed by atoms with Crippen molar-refractivity contribution in [2.24, 2.45) is 15.6 Å². The van der Waals surface area contributed by atoms with Crippen LogP contribution in [0, 0.1) is 10.8 Å². The van der Waals surface area contributed by atoms with Crippen molar-refractivity contribution in [3.63, 3.8) is 0 Å². The topological polar surface area (TPSA) is 93.2 Å². The Morgan fingerprint density at radius 2 is 1.10 bits per heavy atom. The van der Waals surface area contributed by atoms with Crippen LogP contribution in [0.3, 0.4) is 0 Å². The third kappa shape index (κ3) is 10.1. The van der Waals surface area contributed by atoms with E-state index in [-0.39, 0.29) is 17.4 Å². The van der Waals surface area contributed by atoms with Crippen LogP contribution in [0.5, 0.6) is 17.2 Å². The summed E-state index contributed by atoms with van der Waals surface area (Å²) in [4.78, 5) is 13.5. The summed E-state index contributed by atoms with van der Waals surface area (Å²) >= 11 is 5.94. The number of nitrogens with one attached hydrogen (secondary N) is 3. The number of hydrogen-bond acceptors (Lipinski definition) is 6. The summed E-state index contributed by atoms with van der Waals surface area (Å²) in [5.41, 5.74) is 0.370. The summed E-state index contributed by atoms with van der Waals surface area (Å²) < 4.78 is 22.4. The summed E-state index contributed by atoms with van der Waals surface area (Å²) in [5.74, 6) is 2.20. The minimum Gasteiger partial charge on any atom is -0.497 e. The van der Waals surface area contributed by atoms with Crippen molar-refractivity contribution in [1.29, 1.82) is 0 Å². The van der Waals surface area contributed by atoms with E-state index in [1.54, 1.807) is 21.3 Å². The SMILES string of the molecule is COc1ccc(P(=NCC(NC(=S)NC(C(=O)NCc2ccccc2)C(C)(C)C)C(C)(C)C)(c2ccc(OC)cc2)c2ccc(OC)cc2)cc1. The molecule has 0 radical (unpaired) electrons. The molecule has 272 valence electrons. The van der Waals surface area contributed by atoms with Crippen LogP contribution < -0.4 is 46.1 Å². The van der Waals surface area contributed by atoms with Crippen molar-refractivity contribution in [3.8, 4) is 17.2 Å². The first-order chi connectivity index (χ1) is 24.2. The van der Waals surface area contributed by atoms with Crippen molar-refractivity contribution in [2.45, 2.75) is 60.2 Å². The highest BCUT2D eigenvalue weighted by atomic mass is 32.1. The number of hydrogen-bond donors (Lipinski definition) is 3. The lowest BCUT2D eigenvalue weighted by Gasteiger charge is -2.36. The van der Waals surface area contributed by atoms with Gasteiger partial charge in [0.2, 0.25) is 5.91 Å². The standard InChI is InChI=1S/C41H53N4O4PS/c1-40(2,3)36(44-39(51)45-37(41(4,5)6)38(46)42-27-29-13-11-10-12-14-29)28-43-50(33-21-15-30(47-7)16-22-33,34-23-17-31(48-8)18-24-34)35-25-19-32(49-9)20-26-35/h10-26,36-37H,27-28H2,1-9H3,(H,42,46)(H2,44,45,51). The van der Waals surface area contributed by atoms with Crippen LogP contribution in [0.15, 0.2) is 108 Å². The first-order valence-electron chi connectivity index (χ1n) is 17.1. The second kappa shape index (κ2) is 17.3. The van der Waals surface area contributed by atoms with Gasteiger partial charge in [-0.15, -0.1) is 0 Å². The molecular weight excluding hydrogens is 676 g/mol. The number of methoxy groups -OCH3 is 3. The summed E-state index contributed by atoms with van der Waals surface area (Å²) in [6.45, 7) is 13.5. The Hall–Kier alpha value is -4.33. The van der Waals surface area contributed by atoms with Crippen LogP contribution in [0.25, 0.3) is 0 Å². The molecule has 1 amide bonds. The van der Waals surface area contributed by atoms with Gasteiger partial charge in [0.25, 0.3) is 0 Å². The molecule has 0 saturated carbocycles. The van der Waals surface area contributed by atoms with Crippen molar-refractivity contribution in [3.05, 3.63) is 109 Å². The van der Waals surface area contributed by atoms with Crippen molar-refractivity contribution >= 4 is 46.2 Å². The number of nitrogens with zero attached hydrogens (tertiary/aromatic N) is 1. The van der Waals surface area contributed by atoms with E-state index in [1.807, 2.05) is 87.5 Å². The quantitative estimate of drug-likeness (QED) is 0.103. The Bertz CT molecular complexity index is 1660. The maximum absolute atomic E-state index is 13.5. The molecule has 10 heteroatoms. The van der Waals surface area contributed by atoms with Crippen LogP contribution in [0.4, 0.5) is 0 Å². The van der Waals surface area contributed by atoms with E-state index < -0.39 is 18.5 Å². The summed E-state index contributed by atoms with van der Waals surface area (Å²) in [6, 6.07) is 33.7. The van der Waals surface area contributed by atoms with Crippen molar-refractivity contribution < 1.29 is 19.0 Å². The second-order valence-electron chi connectivity index (χ2n) is 14.6. The van der Waals surface area contributed by atoms with Crippen LogP contribution >= 0.6 is 19.3 Å². The molecule has 0 aromatic heterocycles. The van der Waals surface area contributed by atoms with E-state index in [0.29, 0.717) is 18.2 Å². The fraction of sp³-hybridized carbons (Fsp3) is 0.366. The third-order valence-electron chi connectivity index (χ3n) is 8.88. The molecule has 51 heavy (non-hydrogen) atoms. The number of thiocarbonyl (C=S) groups is 1. The Labute approximate surface area is 309 Å². The molecule has 0 spiro atoms. The van der Waals surface area contributed by atoms with Gasteiger partial charge in [0.15, 0.2) is 5.11 Å². The molecule has 4 aromatic rings. The van der Waals surface area contributed by atoms with Gasteiger partial charge in [0, 0.05) is 22.5 Å². The van der Waals surface area contributed by atoms with Gasteiger partial charge >= 0.3 is 0 Å². The Morgan fingerprint density at radius 1 is 0.667 bits per heavy atom. The highest BCUT2D eigenvalue weighted by molar-refractivity contribution is 7.87. The van der Waals surface area contributed by atoms with E-state index in [4.69, 9.17) is 31.2 Å². The lowest BCUT2D eigenvalue weighted by molar-refractivity contribution is -0.125. The lowest BCUT2D eigenvalue weighted by Crippen LogP contribution is -2.58. The molecule has 0 bridgehead atoms. The maximum atomic E-state index is 13.5. The fourth-order valence-corrected chi connectivity index (χ4v) is 9.51. The van der Waals surface area contributed by atoms with Gasteiger partial charge in [-0.25, -0.2) is 0 Å². The number of rotatable bonds is 13. The van der Waals surface area contributed by atoms with Crippen LogP contribution in [-0.4, -0.2) is 51.0 Å². The normalized spacial score (nSPS) is 13.0. The number of ether oxygens (including phenoxy) is 3.